The molecule has 1 aromatic carbocycles. The molecule has 2 N–H and O–H groups in total. The summed E-state index contributed by atoms with van der Waals surface area (Å²) in [6.45, 7) is 4.66. The van der Waals surface area contributed by atoms with Crippen LogP contribution in [0.4, 0.5) is 11.4 Å². The van der Waals surface area contributed by atoms with Crippen LogP contribution >= 0.6 is 0 Å². The molecule has 0 atom stereocenters. The lowest BCUT2D eigenvalue weighted by atomic mass is 9.99. The fourth-order valence-corrected chi connectivity index (χ4v) is 1.72. The van der Waals surface area contributed by atoms with Crippen LogP contribution in [0.1, 0.15) is 25.3 Å². The minimum Gasteiger partial charge on any atom is -0.374 e. The van der Waals surface area contributed by atoms with E-state index >= 15 is 0 Å². The van der Waals surface area contributed by atoms with Gasteiger partial charge in [-0.1, -0.05) is 26.0 Å². The number of hydrogen-bond donors (Lipinski definition) is 2. The maximum absolute atomic E-state index is 11.1. The van der Waals surface area contributed by atoms with Gasteiger partial charge in [0, 0.05) is 0 Å². The Balaban J connectivity index is 2.46. The normalized spacial score (nSPS) is 14.6. The highest BCUT2D eigenvalue weighted by Crippen LogP contribution is 2.32. The molecule has 0 aromatic heterocycles. The van der Waals surface area contributed by atoms with Gasteiger partial charge in [0.1, 0.15) is 0 Å². The average molecular weight is 190 g/mol. The highest BCUT2D eigenvalue weighted by Gasteiger charge is 2.17. The molecule has 0 bridgehead atoms. The second kappa shape index (κ2) is 3.33. The van der Waals surface area contributed by atoms with Gasteiger partial charge < -0.3 is 10.6 Å². The topological polar surface area (TPSA) is 41.1 Å². The van der Waals surface area contributed by atoms with E-state index in [0.29, 0.717) is 12.5 Å². The van der Waals surface area contributed by atoms with Crippen molar-refractivity contribution in [2.75, 3.05) is 17.2 Å². The Hall–Kier alpha value is -1.51. The van der Waals surface area contributed by atoms with Crippen LogP contribution in [-0.2, 0) is 4.79 Å². The van der Waals surface area contributed by atoms with Gasteiger partial charge in [-0.3, -0.25) is 4.79 Å². The highest BCUT2D eigenvalue weighted by atomic mass is 16.2. The number of carbonyl (C=O) groups excluding carboxylic acids is 1. The van der Waals surface area contributed by atoms with Gasteiger partial charge >= 0.3 is 0 Å². The molecular weight excluding hydrogens is 176 g/mol. The van der Waals surface area contributed by atoms with E-state index in [4.69, 9.17) is 0 Å². The molecule has 0 spiro atoms. The average Bonchev–Trinajstić information content (AvgIpc) is 2.16. The van der Waals surface area contributed by atoms with E-state index in [1.807, 2.05) is 12.1 Å². The number of fused-ring (bicyclic) bond motifs is 1. The predicted molar refractivity (Wildman–Crippen MR) is 57.7 cm³/mol. The van der Waals surface area contributed by atoms with E-state index in [-0.39, 0.29) is 5.91 Å². The molecule has 1 aromatic rings. The number of nitrogens with one attached hydrogen (secondary N) is 2. The van der Waals surface area contributed by atoms with Crippen LogP contribution in [0.15, 0.2) is 18.2 Å². The number of benzene rings is 1. The molecule has 0 saturated carbocycles. The molecule has 1 aliphatic rings. The minimum absolute atomic E-state index is 0.0263. The standard InChI is InChI=1S/C11H14N2O/c1-7(2)8-4-3-5-9-11(8)12-6-10(14)13-9/h3-5,7,12H,6H2,1-2H3,(H,13,14). The molecule has 3 nitrogen and oxygen atoms in total. The monoisotopic (exact) mass is 190 g/mol. The van der Waals surface area contributed by atoms with Gasteiger partial charge in [0.25, 0.3) is 0 Å². The molecular formula is C11H14N2O. The Kier molecular flexibility index (Phi) is 2.15. The zero-order valence-corrected chi connectivity index (χ0v) is 8.42. The summed E-state index contributed by atoms with van der Waals surface area (Å²) < 4.78 is 0. The maximum atomic E-state index is 11.1. The van der Waals surface area contributed by atoms with Gasteiger partial charge in [-0.25, -0.2) is 0 Å². The number of anilines is 2. The van der Waals surface area contributed by atoms with Crippen LogP contribution in [0.5, 0.6) is 0 Å². The Bertz CT molecular complexity index is 372. The van der Waals surface area contributed by atoms with Crippen LogP contribution in [0.3, 0.4) is 0 Å². The smallest absolute Gasteiger partial charge is 0.243 e. The number of rotatable bonds is 1. The van der Waals surface area contributed by atoms with Crippen molar-refractivity contribution in [3.05, 3.63) is 23.8 Å². The van der Waals surface area contributed by atoms with Crippen LogP contribution in [0.2, 0.25) is 0 Å². The third kappa shape index (κ3) is 1.45. The fraction of sp³-hybridized carbons (Fsp3) is 0.364. The number of amides is 1. The molecule has 0 saturated heterocycles. The maximum Gasteiger partial charge on any atom is 0.243 e. The molecule has 1 aliphatic heterocycles. The molecule has 1 amide bonds. The molecule has 74 valence electrons. The molecule has 1 heterocycles. The van der Waals surface area contributed by atoms with E-state index in [1.165, 1.54) is 5.56 Å². The summed E-state index contributed by atoms with van der Waals surface area (Å²) in [7, 11) is 0. The first-order valence-corrected chi connectivity index (χ1v) is 4.85. The Morgan fingerprint density at radius 2 is 2.14 bits per heavy atom. The molecule has 2 rings (SSSR count). The molecule has 3 heteroatoms. The van der Waals surface area contributed by atoms with Gasteiger partial charge in [-0.15, -0.1) is 0 Å². The van der Waals surface area contributed by atoms with Crippen molar-refractivity contribution in [1.82, 2.24) is 0 Å². The number of hydrogen-bond acceptors (Lipinski definition) is 2. The first-order valence-electron chi connectivity index (χ1n) is 4.85. The first-order chi connectivity index (χ1) is 6.68. The summed E-state index contributed by atoms with van der Waals surface area (Å²) in [6.07, 6.45) is 0. The Labute approximate surface area is 83.5 Å². The van der Waals surface area contributed by atoms with Crippen molar-refractivity contribution in [1.29, 1.82) is 0 Å². The minimum atomic E-state index is 0.0263. The Morgan fingerprint density at radius 3 is 2.86 bits per heavy atom. The van der Waals surface area contributed by atoms with Crippen LogP contribution in [-0.4, -0.2) is 12.5 Å². The Morgan fingerprint density at radius 1 is 1.36 bits per heavy atom. The van der Waals surface area contributed by atoms with Gasteiger partial charge in [-0.2, -0.15) is 0 Å². The van der Waals surface area contributed by atoms with E-state index < -0.39 is 0 Å². The summed E-state index contributed by atoms with van der Waals surface area (Å²) in [5, 5.41) is 6.00. The lowest BCUT2D eigenvalue weighted by Gasteiger charge is -2.23. The third-order valence-corrected chi connectivity index (χ3v) is 2.42. The zero-order valence-electron chi connectivity index (χ0n) is 8.42. The van der Waals surface area contributed by atoms with Gasteiger partial charge in [0.2, 0.25) is 5.91 Å². The quantitative estimate of drug-likeness (QED) is 0.712. The summed E-state index contributed by atoms with van der Waals surface area (Å²) in [4.78, 5) is 11.1. The molecule has 0 unspecified atom stereocenters. The summed E-state index contributed by atoms with van der Waals surface area (Å²) >= 11 is 0. The zero-order chi connectivity index (χ0) is 10.1. The summed E-state index contributed by atoms with van der Waals surface area (Å²) in [5.41, 5.74) is 3.22. The summed E-state index contributed by atoms with van der Waals surface area (Å²) in [5.74, 6) is 0.492. The van der Waals surface area contributed by atoms with Crippen LogP contribution in [0.25, 0.3) is 0 Å². The van der Waals surface area contributed by atoms with Crippen LogP contribution in [0, 0.1) is 0 Å². The fourth-order valence-electron chi connectivity index (χ4n) is 1.72. The number of carbonyl (C=O) groups is 1. The van der Waals surface area contributed by atoms with E-state index in [2.05, 4.69) is 30.5 Å². The second-order valence-corrected chi connectivity index (χ2v) is 3.83. The van der Waals surface area contributed by atoms with Crippen LogP contribution < -0.4 is 10.6 Å². The molecule has 14 heavy (non-hydrogen) atoms. The summed E-state index contributed by atoms with van der Waals surface area (Å²) in [6, 6.07) is 5.99. The lowest BCUT2D eigenvalue weighted by molar-refractivity contribution is -0.114. The van der Waals surface area contributed by atoms with Gasteiger partial charge in [0.15, 0.2) is 0 Å². The number of para-hydroxylation sites is 1. The second-order valence-electron chi connectivity index (χ2n) is 3.83. The highest BCUT2D eigenvalue weighted by molar-refractivity contribution is 6.01. The lowest BCUT2D eigenvalue weighted by Crippen LogP contribution is -2.28. The van der Waals surface area contributed by atoms with E-state index in [9.17, 15) is 4.79 Å². The van der Waals surface area contributed by atoms with Gasteiger partial charge in [-0.05, 0) is 17.5 Å². The first kappa shape index (κ1) is 9.06. The molecule has 0 aliphatic carbocycles. The molecule has 0 radical (unpaired) electrons. The predicted octanol–water partition coefficient (Wildman–Crippen LogP) is 2.17. The van der Waals surface area contributed by atoms with Gasteiger partial charge in [0.05, 0.1) is 17.9 Å². The van der Waals surface area contributed by atoms with Crippen molar-refractivity contribution < 1.29 is 4.79 Å². The van der Waals surface area contributed by atoms with Crippen molar-refractivity contribution >= 4 is 17.3 Å². The third-order valence-electron chi connectivity index (χ3n) is 2.42. The van der Waals surface area contributed by atoms with Crippen molar-refractivity contribution in [3.8, 4) is 0 Å². The van der Waals surface area contributed by atoms with Crippen molar-refractivity contribution in [3.63, 3.8) is 0 Å². The molecule has 0 fully saturated rings. The van der Waals surface area contributed by atoms with Crippen molar-refractivity contribution in [2.24, 2.45) is 0 Å². The largest absolute Gasteiger partial charge is 0.374 e. The van der Waals surface area contributed by atoms with Crippen molar-refractivity contribution in [2.45, 2.75) is 19.8 Å². The van der Waals surface area contributed by atoms with E-state index in [0.717, 1.165) is 11.4 Å². The van der Waals surface area contributed by atoms with E-state index in [1.54, 1.807) is 0 Å². The SMILES string of the molecule is CC(C)c1cccc2c1NCC(=O)N2.